The molecule has 104 valence electrons. The van der Waals surface area contributed by atoms with Crippen LogP contribution >= 0.6 is 12.4 Å². The molecule has 1 aromatic rings. The molecule has 4 heteroatoms. The van der Waals surface area contributed by atoms with Crippen molar-refractivity contribution in [1.29, 1.82) is 0 Å². The van der Waals surface area contributed by atoms with Gasteiger partial charge in [-0.1, -0.05) is 19.1 Å². The van der Waals surface area contributed by atoms with Gasteiger partial charge < -0.3 is 10.2 Å². The van der Waals surface area contributed by atoms with Gasteiger partial charge in [-0.15, -0.1) is 12.4 Å². The van der Waals surface area contributed by atoms with Crippen LogP contribution < -0.4 is 5.32 Å². The van der Waals surface area contributed by atoms with Crippen LogP contribution in [-0.4, -0.2) is 37.0 Å². The zero-order valence-corrected chi connectivity index (χ0v) is 12.5. The molecule has 3 nitrogen and oxygen atoms in total. The summed E-state index contributed by atoms with van der Waals surface area (Å²) in [6.07, 6.45) is 1.03. The lowest BCUT2D eigenvalue weighted by molar-refractivity contribution is 0.0922. The average molecular weight is 281 g/mol. The SMILES string of the molecule is CCc1cc(C)c2c(c1)[C@H]1CN(C)C[C@@H]1NC2=O.Cl. The first-order chi connectivity index (χ1) is 8.60. The Balaban J connectivity index is 0.00000133. The van der Waals surface area contributed by atoms with Gasteiger partial charge >= 0.3 is 0 Å². The van der Waals surface area contributed by atoms with Crippen LogP contribution in [0.5, 0.6) is 0 Å². The van der Waals surface area contributed by atoms with Gasteiger partial charge in [0.25, 0.3) is 5.91 Å². The summed E-state index contributed by atoms with van der Waals surface area (Å²) < 4.78 is 0. The highest BCUT2D eigenvalue weighted by atomic mass is 35.5. The van der Waals surface area contributed by atoms with E-state index in [2.05, 4.69) is 43.2 Å². The molecule has 0 saturated carbocycles. The maximum Gasteiger partial charge on any atom is 0.252 e. The second-order valence-electron chi connectivity index (χ2n) is 5.64. The van der Waals surface area contributed by atoms with E-state index in [1.165, 1.54) is 11.1 Å². The molecule has 1 fully saturated rings. The summed E-state index contributed by atoms with van der Waals surface area (Å²) in [5.41, 5.74) is 4.65. The number of aryl methyl sites for hydroxylation is 2. The van der Waals surface area contributed by atoms with Gasteiger partial charge in [0.15, 0.2) is 0 Å². The average Bonchev–Trinajstić information content (AvgIpc) is 2.69. The van der Waals surface area contributed by atoms with Crippen LogP contribution in [0, 0.1) is 6.92 Å². The first kappa shape index (κ1) is 14.4. The monoisotopic (exact) mass is 280 g/mol. The number of nitrogens with one attached hydrogen (secondary N) is 1. The normalized spacial score (nSPS) is 25.3. The molecule has 2 atom stereocenters. The van der Waals surface area contributed by atoms with Crippen LogP contribution in [0.3, 0.4) is 0 Å². The first-order valence-electron chi connectivity index (χ1n) is 6.73. The molecule has 19 heavy (non-hydrogen) atoms. The van der Waals surface area contributed by atoms with Crippen LogP contribution in [0.25, 0.3) is 0 Å². The number of nitrogens with zero attached hydrogens (tertiary/aromatic N) is 1. The number of benzene rings is 1. The predicted octanol–water partition coefficient (Wildman–Crippen LogP) is 2.12. The number of carbonyl (C=O) groups is 1. The van der Waals surface area contributed by atoms with Crippen molar-refractivity contribution in [2.45, 2.75) is 32.2 Å². The molecule has 2 heterocycles. The number of likely N-dealkylation sites (tertiary alicyclic amines) is 1. The van der Waals surface area contributed by atoms with Crippen molar-refractivity contribution in [1.82, 2.24) is 10.2 Å². The Labute approximate surface area is 120 Å². The molecule has 0 radical (unpaired) electrons. The standard InChI is InChI=1S/C15H20N2O.ClH/c1-4-10-5-9(2)14-11(6-10)12-7-17(3)8-13(12)16-15(14)18;/h5-6,12-13H,4,7-8H2,1-3H3,(H,16,18);1H/t12-,13+;/m1./s1. The quantitative estimate of drug-likeness (QED) is 0.855. The third-order valence-corrected chi connectivity index (χ3v) is 4.28. The Bertz CT molecular complexity index is 515. The lowest BCUT2D eigenvalue weighted by Gasteiger charge is -2.29. The Morgan fingerprint density at radius 2 is 2.11 bits per heavy atom. The highest BCUT2D eigenvalue weighted by Gasteiger charge is 2.39. The van der Waals surface area contributed by atoms with E-state index in [4.69, 9.17) is 0 Å². The maximum atomic E-state index is 12.2. The van der Waals surface area contributed by atoms with Crippen molar-refractivity contribution in [2.24, 2.45) is 0 Å². The molecule has 0 aliphatic carbocycles. The number of likely N-dealkylation sites (N-methyl/N-ethyl adjacent to an activating group) is 1. The van der Waals surface area contributed by atoms with Gasteiger partial charge in [-0.2, -0.15) is 0 Å². The largest absolute Gasteiger partial charge is 0.347 e. The van der Waals surface area contributed by atoms with Gasteiger partial charge in [0, 0.05) is 30.6 Å². The van der Waals surface area contributed by atoms with Crippen LogP contribution in [0.2, 0.25) is 0 Å². The third-order valence-electron chi connectivity index (χ3n) is 4.28. The second kappa shape index (κ2) is 5.14. The van der Waals surface area contributed by atoms with Gasteiger partial charge in [-0.3, -0.25) is 4.79 Å². The van der Waals surface area contributed by atoms with Gasteiger partial charge in [-0.25, -0.2) is 0 Å². The van der Waals surface area contributed by atoms with Crippen molar-refractivity contribution in [3.63, 3.8) is 0 Å². The fourth-order valence-electron chi connectivity index (χ4n) is 3.40. The Morgan fingerprint density at radius 3 is 2.79 bits per heavy atom. The Hall–Kier alpha value is -1.06. The third kappa shape index (κ3) is 2.26. The van der Waals surface area contributed by atoms with Gasteiger partial charge in [0.2, 0.25) is 0 Å². The van der Waals surface area contributed by atoms with Gasteiger partial charge in [0.05, 0.1) is 0 Å². The van der Waals surface area contributed by atoms with Crippen LogP contribution in [0.15, 0.2) is 12.1 Å². The summed E-state index contributed by atoms with van der Waals surface area (Å²) in [7, 11) is 2.13. The zero-order chi connectivity index (χ0) is 12.9. The van der Waals surface area contributed by atoms with Crippen molar-refractivity contribution in [3.05, 3.63) is 34.4 Å². The molecule has 3 rings (SSSR count). The highest BCUT2D eigenvalue weighted by Crippen LogP contribution is 2.35. The van der Waals surface area contributed by atoms with Crippen molar-refractivity contribution in [3.8, 4) is 0 Å². The summed E-state index contributed by atoms with van der Waals surface area (Å²) in [5.74, 6) is 0.578. The highest BCUT2D eigenvalue weighted by molar-refractivity contribution is 5.99. The molecule has 0 spiro atoms. The van der Waals surface area contributed by atoms with E-state index in [0.717, 1.165) is 30.6 Å². The van der Waals surface area contributed by atoms with E-state index in [1.807, 2.05) is 0 Å². The molecule has 0 bridgehead atoms. The fourth-order valence-corrected chi connectivity index (χ4v) is 3.40. The predicted molar refractivity (Wildman–Crippen MR) is 79.3 cm³/mol. The fraction of sp³-hybridized carbons (Fsp3) is 0.533. The smallest absolute Gasteiger partial charge is 0.252 e. The summed E-state index contributed by atoms with van der Waals surface area (Å²) >= 11 is 0. The number of halogens is 1. The second-order valence-corrected chi connectivity index (χ2v) is 5.64. The minimum atomic E-state index is 0. The van der Waals surface area contributed by atoms with Crippen molar-refractivity contribution < 1.29 is 4.79 Å². The molecule has 1 amide bonds. The molecule has 2 aliphatic heterocycles. The number of hydrogen-bond donors (Lipinski definition) is 1. The zero-order valence-electron chi connectivity index (χ0n) is 11.7. The Kier molecular flexibility index (Phi) is 3.88. The van der Waals surface area contributed by atoms with E-state index < -0.39 is 0 Å². The van der Waals surface area contributed by atoms with Crippen LogP contribution in [0.1, 0.15) is 39.9 Å². The molecule has 1 saturated heterocycles. The molecule has 0 aromatic heterocycles. The Morgan fingerprint density at radius 1 is 1.37 bits per heavy atom. The van der Waals surface area contributed by atoms with E-state index in [-0.39, 0.29) is 18.3 Å². The molecule has 1 N–H and O–H groups in total. The van der Waals surface area contributed by atoms with Crippen LogP contribution in [0.4, 0.5) is 0 Å². The summed E-state index contributed by atoms with van der Waals surface area (Å²) in [5, 5.41) is 3.16. The minimum absolute atomic E-state index is 0. The van der Waals surface area contributed by atoms with E-state index in [0.29, 0.717) is 12.0 Å². The van der Waals surface area contributed by atoms with E-state index >= 15 is 0 Å². The summed E-state index contributed by atoms with van der Waals surface area (Å²) in [6, 6.07) is 4.69. The maximum absolute atomic E-state index is 12.2. The number of hydrogen-bond acceptors (Lipinski definition) is 2. The number of amides is 1. The number of carbonyl (C=O) groups excluding carboxylic acids is 1. The molecule has 0 unspecified atom stereocenters. The number of rotatable bonds is 1. The van der Waals surface area contributed by atoms with Crippen LogP contribution in [-0.2, 0) is 6.42 Å². The summed E-state index contributed by atoms with van der Waals surface area (Å²) in [4.78, 5) is 14.5. The lowest BCUT2D eigenvalue weighted by Crippen LogP contribution is -2.44. The van der Waals surface area contributed by atoms with Gasteiger partial charge in [0.1, 0.15) is 0 Å². The molecule has 1 aromatic carbocycles. The molecular formula is C15H21ClN2O. The summed E-state index contributed by atoms with van der Waals surface area (Å²) in [6.45, 7) is 6.23. The van der Waals surface area contributed by atoms with Gasteiger partial charge in [-0.05, 0) is 37.1 Å². The lowest BCUT2D eigenvalue weighted by atomic mass is 9.83. The minimum Gasteiger partial charge on any atom is -0.347 e. The molecular weight excluding hydrogens is 260 g/mol. The van der Waals surface area contributed by atoms with E-state index in [9.17, 15) is 4.79 Å². The van der Waals surface area contributed by atoms with E-state index in [1.54, 1.807) is 0 Å². The topological polar surface area (TPSA) is 32.3 Å². The molecule has 2 aliphatic rings. The first-order valence-corrected chi connectivity index (χ1v) is 6.73. The van der Waals surface area contributed by atoms with Crippen molar-refractivity contribution >= 4 is 18.3 Å². The van der Waals surface area contributed by atoms with Crippen molar-refractivity contribution in [2.75, 3.05) is 20.1 Å². The number of fused-ring (bicyclic) bond motifs is 3.